The van der Waals surface area contributed by atoms with Crippen molar-refractivity contribution in [1.29, 1.82) is 0 Å². The fourth-order valence-corrected chi connectivity index (χ4v) is 1.46. The first-order valence-electron chi connectivity index (χ1n) is 5.71. The molecule has 1 heterocycles. The van der Waals surface area contributed by atoms with Crippen molar-refractivity contribution in [3.8, 4) is 0 Å². The summed E-state index contributed by atoms with van der Waals surface area (Å²) in [5.41, 5.74) is 0. The number of ether oxygens (including phenoxy) is 1. The molecule has 1 nitrogen and oxygen atoms in total. The van der Waals surface area contributed by atoms with Gasteiger partial charge in [-0.25, -0.2) is 0 Å². The molecular weight excluding hydrogens is 160 g/mol. The van der Waals surface area contributed by atoms with Crippen LogP contribution in [0.25, 0.3) is 0 Å². The summed E-state index contributed by atoms with van der Waals surface area (Å²) in [6.45, 7) is 3.21. The number of epoxide rings is 1. The van der Waals surface area contributed by atoms with Gasteiger partial charge < -0.3 is 4.74 Å². The molecule has 0 aromatic carbocycles. The molecule has 0 bridgehead atoms. The topological polar surface area (TPSA) is 12.5 Å². The fraction of sp³-hybridized carbons (Fsp3) is 0.833. The van der Waals surface area contributed by atoms with Crippen LogP contribution in [0.1, 0.15) is 51.9 Å². The van der Waals surface area contributed by atoms with Crippen molar-refractivity contribution >= 4 is 0 Å². The summed E-state index contributed by atoms with van der Waals surface area (Å²) < 4.78 is 5.08. The summed E-state index contributed by atoms with van der Waals surface area (Å²) in [5.74, 6) is 0. The minimum atomic E-state index is 0.472. The molecule has 0 aromatic heterocycles. The Labute approximate surface area is 82.2 Å². The second-order valence-corrected chi connectivity index (χ2v) is 3.86. The molecule has 1 saturated heterocycles. The standard InChI is InChI=1S/C12H22O/c1-2-3-4-5-6-7-8-9-10-12-11-13-12/h9-10,12H,2-8,11H2,1H3. The van der Waals surface area contributed by atoms with Crippen LogP contribution in [0.15, 0.2) is 12.2 Å². The average Bonchev–Trinajstić information content (AvgIpc) is 2.93. The molecule has 0 aromatic rings. The third-order valence-electron chi connectivity index (χ3n) is 2.43. The molecule has 0 aliphatic carbocycles. The second kappa shape index (κ2) is 7.14. The van der Waals surface area contributed by atoms with E-state index in [0.717, 1.165) is 6.61 Å². The molecule has 0 N–H and O–H groups in total. The van der Waals surface area contributed by atoms with Gasteiger partial charge >= 0.3 is 0 Å². The van der Waals surface area contributed by atoms with E-state index in [4.69, 9.17) is 4.74 Å². The zero-order valence-electron chi connectivity index (χ0n) is 8.80. The fourth-order valence-electron chi connectivity index (χ4n) is 1.46. The third kappa shape index (κ3) is 6.83. The van der Waals surface area contributed by atoms with Gasteiger partial charge in [-0.05, 0) is 12.8 Å². The van der Waals surface area contributed by atoms with Crippen molar-refractivity contribution in [3.63, 3.8) is 0 Å². The lowest BCUT2D eigenvalue weighted by molar-refractivity contribution is 0.439. The van der Waals surface area contributed by atoms with Crippen LogP contribution in [0.5, 0.6) is 0 Å². The molecule has 1 heteroatoms. The highest BCUT2D eigenvalue weighted by Crippen LogP contribution is 2.12. The van der Waals surface area contributed by atoms with Crippen LogP contribution < -0.4 is 0 Å². The lowest BCUT2D eigenvalue weighted by Crippen LogP contribution is -1.78. The molecule has 0 spiro atoms. The van der Waals surface area contributed by atoms with Crippen LogP contribution in [-0.2, 0) is 4.74 Å². The summed E-state index contributed by atoms with van der Waals surface area (Å²) >= 11 is 0. The van der Waals surface area contributed by atoms with Gasteiger partial charge in [-0.15, -0.1) is 0 Å². The summed E-state index contributed by atoms with van der Waals surface area (Å²) in [5, 5.41) is 0. The van der Waals surface area contributed by atoms with Gasteiger partial charge in [0.25, 0.3) is 0 Å². The monoisotopic (exact) mass is 182 g/mol. The normalized spacial score (nSPS) is 21.2. The van der Waals surface area contributed by atoms with E-state index >= 15 is 0 Å². The largest absolute Gasteiger partial charge is 0.369 e. The Hall–Kier alpha value is -0.300. The first kappa shape index (κ1) is 10.8. The van der Waals surface area contributed by atoms with Gasteiger partial charge in [-0.3, -0.25) is 0 Å². The molecule has 1 atom stereocenters. The van der Waals surface area contributed by atoms with Crippen molar-refractivity contribution in [2.24, 2.45) is 0 Å². The molecule has 1 unspecified atom stereocenters. The van der Waals surface area contributed by atoms with E-state index in [9.17, 15) is 0 Å². The van der Waals surface area contributed by atoms with Crippen molar-refractivity contribution in [2.75, 3.05) is 6.61 Å². The van der Waals surface area contributed by atoms with Crippen molar-refractivity contribution < 1.29 is 4.74 Å². The first-order valence-corrected chi connectivity index (χ1v) is 5.71. The molecule has 0 amide bonds. The quantitative estimate of drug-likeness (QED) is 0.317. The highest BCUT2D eigenvalue weighted by atomic mass is 16.6. The number of unbranched alkanes of at least 4 members (excludes halogenated alkanes) is 6. The minimum Gasteiger partial charge on any atom is -0.369 e. The molecule has 1 aliphatic heterocycles. The summed E-state index contributed by atoms with van der Waals surface area (Å²) in [6.07, 6.45) is 14.5. The van der Waals surface area contributed by atoms with Crippen molar-refractivity contribution in [3.05, 3.63) is 12.2 Å². The van der Waals surface area contributed by atoms with Crippen molar-refractivity contribution in [2.45, 2.75) is 58.0 Å². The van der Waals surface area contributed by atoms with E-state index in [1.54, 1.807) is 0 Å². The summed E-state index contributed by atoms with van der Waals surface area (Å²) in [4.78, 5) is 0. The Balaban J connectivity index is 1.73. The van der Waals surface area contributed by atoms with E-state index in [2.05, 4.69) is 19.1 Å². The zero-order chi connectivity index (χ0) is 9.36. The second-order valence-electron chi connectivity index (χ2n) is 3.86. The van der Waals surface area contributed by atoms with Gasteiger partial charge in [0.1, 0.15) is 0 Å². The first-order chi connectivity index (χ1) is 6.43. The molecule has 1 aliphatic rings. The van der Waals surface area contributed by atoms with Gasteiger partial charge in [-0.2, -0.15) is 0 Å². The smallest absolute Gasteiger partial charge is 0.0991 e. The third-order valence-corrected chi connectivity index (χ3v) is 2.43. The molecule has 0 radical (unpaired) electrons. The Morgan fingerprint density at radius 3 is 2.54 bits per heavy atom. The predicted octanol–water partition coefficient (Wildman–Crippen LogP) is 3.69. The minimum absolute atomic E-state index is 0.472. The molecule has 1 rings (SSSR count). The van der Waals surface area contributed by atoms with Crippen LogP contribution in [0.4, 0.5) is 0 Å². The molecular formula is C12H22O. The SMILES string of the molecule is CCCCCCCCC=CC1CO1. The van der Waals surface area contributed by atoms with E-state index in [0.29, 0.717) is 6.10 Å². The highest BCUT2D eigenvalue weighted by Gasteiger charge is 2.17. The Morgan fingerprint density at radius 2 is 1.85 bits per heavy atom. The molecule has 13 heavy (non-hydrogen) atoms. The van der Waals surface area contributed by atoms with E-state index in [-0.39, 0.29) is 0 Å². The maximum atomic E-state index is 5.08. The number of hydrogen-bond acceptors (Lipinski definition) is 1. The average molecular weight is 182 g/mol. The predicted molar refractivity (Wildman–Crippen MR) is 56.9 cm³/mol. The maximum Gasteiger partial charge on any atom is 0.0991 e. The summed E-state index contributed by atoms with van der Waals surface area (Å²) in [6, 6.07) is 0. The van der Waals surface area contributed by atoms with Crippen LogP contribution in [0.3, 0.4) is 0 Å². The molecule has 0 saturated carbocycles. The highest BCUT2D eigenvalue weighted by molar-refractivity contribution is 4.95. The van der Waals surface area contributed by atoms with Crippen molar-refractivity contribution in [1.82, 2.24) is 0 Å². The van der Waals surface area contributed by atoms with Gasteiger partial charge in [0.15, 0.2) is 0 Å². The Morgan fingerprint density at radius 1 is 1.15 bits per heavy atom. The van der Waals surface area contributed by atoms with Gasteiger partial charge in [0.05, 0.1) is 12.7 Å². The van der Waals surface area contributed by atoms with Gasteiger partial charge in [0, 0.05) is 0 Å². The number of rotatable bonds is 8. The molecule has 76 valence electrons. The Kier molecular flexibility index (Phi) is 5.92. The van der Waals surface area contributed by atoms with E-state index in [1.807, 2.05) is 0 Å². The number of hydrogen-bond donors (Lipinski definition) is 0. The lowest BCUT2D eigenvalue weighted by Gasteiger charge is -1.97. The summed E-state index contributed by atoms with van der Waals surface area (Å²) in [7, 11) is 0. The van der Waals surface area contributed by atoms with Gasteiger partial charge in [0.2, 0.25) is 0 Å². The lowest BCUT2D eigenvalue weighted by atomic mass is 10.1. The van der Waals surface area contributed by atoms with E-state index in [1.165, 1.54) is 44.9 Å². The number of allylic oxidation sites excluding steroid dienone is 1. The van der Waals surface area contributed by atoms with Crippen LogP contribution in [-0.4, -0.2) is 12.7 Å². The Bertz CT molecular complexity index is 136. The van der Waals surface area contributed by atoms with Crippen LogP contribution >= 0.6 is 0 Å². The van der Waals surface area contributed by atoms with Crippen LogP contribution in [0, 0.1) is 0 Å². The zero-order valence-corrected chi connectivity index (χ0v) is 8.80. The molecule has 1 fully saturated rings. The van der Waals surface area contributed by atoms with E-state index < -0.39 is 0 Å². The van der Waals surface area contributed by atoms with Gasteiger partial charge in [-0.1, -0.05) is 51.2 Å². The van der Waals surface area contributed by atoms with Crippen LogP contribution in [0.2, 0.25) is 0 Å². The maximum absolute atomic E-state index is 5.08.